The van der Waals surface area contributed by atoms with Gasteiger partial charge in [0.25, 0.3) is 0 Å². The second-order valence-electron chi connectivity index (χ2n) is 7.74. The summed E-state index contributed by atoms with van der Waals surface area (Å²) in [7, 11) is 0. The van der Waals surface area contributed by atoms with Crippen LogP contribution in [0.1, 0.15) is 50.2 Å². The Balaban J connectivity index is 0.00000341. The molecule has 1 fully saturated rings. The van der Waals surface area contributed by atoms with E-state index >= 15 is 0 Å². The van der Waals surface area contributed by atoms with E-state index in [-0.39, 0.29) is 29.4 Å². The van der Waals surface area contributed by atoms with Crippen LogP contribution in [-0.4, -0.2) is 40.4 Å². The number of alkyl halides is 3. The summed E-state index contributed by atoms with van der Waals surface area (Å²) in [5, 5.41) is 14.1. The molecule has 0 radical (unpaired) electrons. The topological polar surface area (TPSA) is 67.1 Å². The third kappa shape index (κ3) is 7.08. The minimum absolute atomic E-state index is 0. The highest BCUT2D eigenvalue weighted by Gasteiger charge is 2.40. The van der Waals surface area contributed by atoms with Crippen LogP contribution in [-0.2, 0) is 18.1 Å². The highest BCUT2D eigenvalue weighted by molar-refractivity contribution is 14.0. The fourth-order valence-corrected chi connectivity index (χ4v) is 3.70. The molecule has 0 saturated heterocycles. The predicted molar refractivity (Wildman–Crippen MR) is 126 cm³/mol. The number of hydrogen-bond donors (Lipinski definition) is 2. The molecule has 2 aromatic rings. The van der Waals surface area contributed by atoms with Crippen molar-refractivity contribution in [3.63, 3.8) is 0 Å². The zero-order valence-corrected chi connectivity index (χ0v) is 20.0. The van der Waals surface area contributed by atoms with Crippen molar-refractivity contribution in [3.05, 3.63) is 48.0 Å². The maximum Gasteiger partial charge on any atom is 0.416 e. The lowest BCUT2D eigenvalue weighted by molar-refractivity contribution is -0.137. The minimum atomic E-state index is -4.33. The Labute approximate surface area is 198 Å². The van der Waals surface area contributed by atoms with Crippen LogP contribution in [0.2, 0.25) is 0 Å². The van der Waals surface area contributed by atoms with Gasteiger partial charge in [0, 0.05) is 25.0 Å². The monoisotopic (exact) mass is 550 g/mol. The van der Waals surface area contributed by atoms with Crippen molar-refractivity contribution in [2.75, 3.05) is 19.6 Å². The zero-order chi connectivity index (χ0) is 21.5. The van der Waals surface area contributed by atoms with Gasteiger partial charge in [-0.15, -0.1) is 34.2 Å². The molecule has 1 saturated carbocycles. The first kappa shape index (κ1) is 25.4. The molecule has 0 amide bonds. The zero-order valence-electron chi connectivity index (χ0n) is 17.7. The summed E-state index contributed by atoms with van der Waals surface area (Å²) in [4.78, 5) is 4.71. The lowest BCUT2D eigenvalue weighted by Crippen LogP contribution is -2.42. The van der Waals surface area contributed by atoms with Crippen LogP contribution in [0.25, 0.3) is 0 Å². The van der Waals surface area contributed by atoms with E-state index in [1.54, 1.807) is 18.7 Å². The summed E-state index contributed by atoms with van der Waals surface area (Å²) in [6.45, 7) is 4.83. The quantitative estimate of drug-likeness (QED) is 0.211. The Morgan fingerprint density at radius 2 is 1.90 bits per heavy atom. The minimum Gasteiger partial charge on any atom is -0.357 e. The lowest BCUT2D eigenvalue weighted by atomic mass is 9.64. The van der Waals surface area contributed by atoms with Gasteiger partial charge in [-0.2, -0.15) is 13.2 Å². The Morgan fingerprint density at radius 1 is 1.16 bits per heavy atom. The maximum atomic E-state index is 13.1. The standard InChI is InChI=1S/C21H29F3N6.HI/c1-2-25-19(26-11-3-4-12-30-15-28-29-16-30)27-14-20(9-6-10-20)17-7-5-8-18(13-17)21(22,23)24;/h5,7-8,13,15-16H,2-4,6,9-12,14H2,1H3,(H2,25,26,27);1H. The Bertz CT molecular complexity index is 819. The van der Waals surface area contributed by atoms with Gasteiger partial charge in [-0.25, -0.2) is 0 Å². The molecule has 1 aromatic carbocycles. The highest BCUT2D eigenvalue weighted by Crippen LogP contribution is 2.45. The summed E-state index contributed by atoms with van der Waals surface area (Å²) in [6.07, 6.45) is 3.74. The molecule has 2 N–H and O–H groups in total. The second kappa shape index (κ2) is 11.7. The summed E-state index contributed by atoms with van der Waals surface area (Å²) >= 11 is 0. The van der Waals surface area contributed by atoms with Crippen LogP contribution in [0.5, 0.6) is 0 Å². The number of aryl methyl sites for hydroxylation is 1. The molecule has 0 spiro atoms. The fourth-order valence-electron chi connectivity index (χ4n) is 3.70. The molecule has 0 unspecified atom stereocenters. The number of hydrogen-bond acceptors (Lipinski definition) is 3. The molecular weight excluding hydrogens is 520 g/mol. The fraction of sp³-hybridized carbons (Fsp3) is 0.571. The van der Waals surface area contributed by atoms with Crippen LogP contribution < -0.4 is 10.6 Å². The highest BCUT2D eigenvalue weighted by atomic mass is 127. The van der Waals surface area contributed by atoms with Gasteiger partial charge in [0.05, 0.1) is 12.1 Å². The van der Waals surface area contributed by atoms with E-state index in [4.69, 9.17) is 4.99 Å². The summed E-state index contributed by atoms with van der Waals surface area (Å²) < 4.78 is 41.3. The number of benzene rings is 1. The molecule has 1 aromatic heterocycles. The third-order valence-electron chi connectivity index (χ3n) is 5.60. The normalized spacial score (nSPS) is 15.7. The first-order valence-electron chi connectivity index (χ1n) is 10.5. The number of rotatable bonds is 9. The number of nitrogens with zero attached hydrogens (tertiary/aromatic N) is 4. The van der Waals surface area contributed by atoms with Crippen LogP contribution in [0.4, 0.5) is 13.2 Å². The molecule has 31 heavy (non-hydrogen) atoms. The van der Waals surface area contributed by atoms with E-state index in [1.165, 1.54) is 12.1 Å². The van der Waals surface area contributed by atoms with E-state index in [0.29, 0.717) is 12.5 Å². The Morgan fingerprint density at radius 3 is 2.52 bits per heavy atom. The van der Waals surface area contributed by atoms with E-state index in [2.05, 4.69) is 20.8 Å². The van der Waals surface area contributed by atoms with Crippen LogP contribution in [0.15, 0.2) is 41.9 Å². The average molecular weight is 550 g/mol. The molecule has 6 nitrogen and oxygen atoms in total. The van der Waals surface area contributed by atoms with Crippen molar-refractivity contribution >= 4 is 29.9 Å². The summed E-state index contributed by atoms with van der Waals surface area (Å²) in [5.74, 6) is 0.708. The molecule has 1 aliphatic rings. The molecule has 172 valence electrons. The Hall–Kier alpha value is -1.85. The van der Waals surface area contributed by atoms with E-state index in [9.17, 15) is 13.2 Å². The van der Waals surface area contributed by atoms with Gasteiger partial charge in [0.1, 0.15) is 12.7 Å². The summed E-state index contributed by atoms with van der Waals surface area (Å²) in [5.41, 5.74) is -0.164. The smallest absolute Gasteiger partial charge is 0.357 e. The van der Waals surface area contributed by atoms with Gasteiger partial charge in [0.15, 0.2) is 5.96 Å². The van der Waals surface area contributed by atoms with Crippen molar-refractivity contribution in [1.29, 1.82) is 0 Å². The number of unbranched alkanes of at least 4 members (excludes halogenated alkanes) is 1. The number of aliphatic imine (C=N–C) groups is 1. The van der Waals surface area contributed by atoms with Crippen LogP contribution in [0.3, 0.4) is 0 Å². The van der Waals surface area contributed by atoms with Gasteiger partial charge in [-0.1, -0.05) is 24.6 Å². The van der Waals surface area contributed by atoms with E-state index in [1.807, 2.05) is 11.5 Å². The van der Waals surface area contributed by atoms with Gasteiger partial charge in [0.2, 0.25) is 0 Å². The molecule has 3 rings (SSSR count). The molecule has 10 heteroatoms. The number of guanidine groups is 1. The van der Waals surface area contributed by atoms with Crippen molar-refractivity contribution in [1.82, 2.24) is 25.4 Å². The third-order valence-corrected chi connectivity index (χ3v) is 5.60. The SMILES string of the molecule is CCNC(=NCC1(c2cccc(C(F)(F)F)c2)CCC1)NCCCCn1cnnc1.I. The molecule has 1 aliphatic carbocycles. The largest absolute Gasteiger partial charge is 0.416 e. The van der Waals surface area contributed by atoms with Crippen LogP contribution >= 0.6 is 24.0 Å². The van der Waals surface area contributed by atoms with Gasteiger partial charge < -0.3 is 15.2 Å². The molecular formula is C21H30F3IN6. The Kier molecular flexibility index (Phi) is 9.57. The van der Waals surface area contributed by atoms with E-state index < -0.39 is 11.7 Å². The number of halogens is 4. The first-order chi connectivity index (χ1) is 14.4. The maximum absolute atomic E-state index is 13.1. The number of nitrogens with one attached hydrogen (secondary N) is 2. The van der Waals surface area contributed by atoms with Gasteiger partial charge in [-0.05, 0) is 44.2 Å². The molecule has 0 atom stereocenters. The lowest BCUT2D eigenvalue weighted by Gasteiger charge is -2.41. The summed E-state index contributed by atoms with van der Waals surface area (Å²) in [6, 6.07) is 5.72. The molecule has 0 bridgehead atoms. The predicted octanol–water partition coefficient (Wildman–Crippen LogP) is 4.37. The van der Waals surface area contributed by atoms with Crippen LogP contribution in [0, 0.1) is 0 Å². The second-order valence-corrected chi connectivity index (χ2v) is 7.74. The van der Waals surface area contributed by atoms with Gasteiger partial charge in [-0.3, -0.25) is 4.99 Å². The van der Waals surface area contributed by atoms with Gasteiger partial charge >= 0.3 is 6.18 Å². The van der Waals surface area contributed by atoms with Crippen molar-refractivity contribution < 1.29 is 13.2 Å². The van der Waals surface area contributed by atoms with Crippen molar-refractivity contribution in [2.24, 2.45) is 4.99 Å². The average Bonchev–Trinajstić information content (AvgIpc) is 3.20. The first-order valence-corrected chi connectivity index (χ1v) is 10.5. The molecule has 1 heterocycles. The van der Waals surface area contributed by atoms with Crippen molar-refractivity contribution in [3.8, 4) is 0 Å². The van der Waals surface area contributed by atoms with E-state index in [0.717, 1.165) is 63.4 Å². The molecule has 0 aliphatic heterocycles. The number of aromatic nitrogens is 3. The van der Waals surface area contributed by atoms with Crippen molar-refractivity contribution in [2.45, 2.75) is 57.2 Å².